The zero-order valence-electron chi connectivity index (χ0n) is 22.6. The van der Waals surface area contributed by atoms with Crippen LogP contribution in [-0.2, 0) is 21.4 Å². The quantitative estimate of drug-likeness (QED) is 0.498. The largest absolute Gasteiger partial charge is 0.504 e. The lowest BCUT2D eigenvalue weighted by Crippen LogP contribution is -2.81. The molecular formula is C30H43N3O4. The van der Waals surface area contributed by atoms with Gasteiger partial charge in [-0.15, -0.1) is 0 Å². The van der Waals surface area contributed by atoms with Gasteiger partial charge in [-0.1, -0.05) is 19.9 Å². The highest BCUT2D eigenvalue weighted by molar-refractivity contribution is 5.81. The van der Waals surface area contributed by atoms with Crippen LogP contribution in [0.15, 0.2) is 12.1 Å². The van der Waals surface area contributed by atoms with Crippen LogP contribution in [0.25, 0.3) is 0 Å². The first-order chi connectivity index (χ1) is 17.8. The fraction of sp³-hybridized carbons (Fsp3) is 0.767. The number of methoxy groups -OCH3 is 1. The average molecular weight is 510 g/mol. The molecule has 5 fully saturated rings. The Kier molecular flexibility index (Phi) is 5.30. The van der Waals surface area contributed by atoms with Gasteiger partial charge in [-0.05, 0) is 81.4 Å². The number of aromatic hydroxyl groups is 1. The highest BCUT2D eigenvalue weighted by Crippen LogP contribution is 2.76. The van der Waals surface area contributed by atoms with Crippen LogP contribution < -0.4 is 15.8 Å². The van der Waals surface area contributed by atoms with Crippen molar-refractivity contribution in [3.8, 4) is 11.5 Å². The first-order valence-corrected chi connectivity index (χ1v) is 14.6. The number of rotatable bonds is 8. The molecule has 202 valence electrons. The van der Waals surface area contributed by atoms with Gasteiger partial charge in [0, 0.05) is 48.6 Å². The second-order valence-corrected chi connectivity index (χ2v) is 13.5. The van der Waals surface area contributed by atoms with Crippen LogP contribution >= 0.6 is 0 Å². The van der Waals surface area contributed by atoms with Crippen molar-refractivity contribution in [2.45, 2.75) is 94.4 Å². The summed E-state index contributed by atoms with van der Waals surface area (Å²) in [4.78, 5) is 15.8. The Balaban J connectivity index is 1.29. The van der Waals surface area contributed by atoms with Crippen molar-refractivity contribution in [1.29, 1.82) is 0 Å². The molecule has 7 aliphatic rings. The Labute approximate surface area is 220 Å². The molecule has 1 saturated heterocycles. The minimum Gasteiger partial charge on any atom is -0.504 e. The van der Waals surface area contributed by atoms with Gasteiger partial charge >= 0.3 is 0 Å². The summed E-state index contributed by atoms with van der Waals surface area (Å²) < 4.78 is 13.4. The molecule has 4 bridgehead atoms. The van der Waals surface area contributed by atoms with E-state index in [-0.39, 0.29) is 34.5 Å². The number of hydrogen-bond acceptors (Lipinski definition) is 6. The third-order valence-corrected chi connectivity index (χ3v) is 11.4. The number of nitrogens with one attached hydrogen (secondary N) is 1. The lowest BCUT2D eigenvalue weighted by atomic mass is 9.35. The van der Waals surface area contributed by atoms with Gasteiger partial charge in [0.1, 0.15) is 11.7 Å². The Morgan fingerprint density at radius 3 is 2.84 bits per heavy atom. The van der Waals surface area contributed by atoms with Crippen LogP contribution in [0.1, 0.15) is 69.9 Å². The van der Waals surface area contributed by atoms with Crippen LogP contribution in [-0.4, -0.2) is 66.4 Å². The number of carbonyl (C=O) groups is 1. The number of nitrogens with two attached hydrogens (primary N) is 1. The Hall–Kier alpha value is -1.83. The molecule has 0 aromatic heterocycles. The van der Waals surface area contributed by atoms with E-state index in [0.29, 0.717) is 30.7 Å². The zero-order chi connectivity index (χ0) is 25.7. The summed E-state index contributed by atoms with van der Waals surface area (Å²) in [6, 6.07) is 3.96. The fourth-order valence-electron chi connectivity index (χ4n) is 9.76. The lowest BCUT2D eigenvalue weighted by Gasteiger charge is -2.74. The number of piperidine rings is 1. The molecule has 7 heteroatoms. The van der Waals surface area contributed by atoms with E-state index in [1.807, 2.05) is 13.2 Å². The van der Waals surface area contributed by atoms with Crippen molar-refractivity contribution in [2.24, 2.45) is 28.9 Å². The van der Waals surface area contributed by atoms with Crippen molar-refractivity contribution >= 4 is 5.91 Å². The summed E-state index contributed by atoms with van der Waals surface area (Å²) in [5.74, 6) is 2.26. The first kappa shape index (κ1) is 24.2. The summed E-state index contributed by atoms with van der Waals surface area (Å²) >= 11 is 0. The lowest BCUT2D eigenvalue weighted by molar-refractivity contribution is -0.276. The smallest absolute Gasteiger partial charge is 0.236 e. The molecule has 1 aromatic carbocycles. The number of amides is 1. The minimum absolute atomic E-state index is 0.0621. The predicted octanol–water partition coefficient (Wildman–Crippen LogP) is 3.11. The minimum atomic E-state index is -0.500. The van der Waals surface area contributed by atoms with Crippen molar-refractivity contribution in [3.05, 3.63) is 23.3 Å². The third-order valence-electron chi connectivity index (χ3n) is 11.4. The molecule has 2 spiro atoms. The second kappa shape index (κ2) is 8.09. The maximum absolute atomic E-state index is 13.0. The molecule has 1 amide bonds. The van der Waals surface area contributed by atoms with E-state index in [2.05, 4.69) is 30.1 Å². The maximum Gasteiger partial charge on any atom is 0.236 e. The van der Waals surface area contributed by atoms with Gasteiger partial charge < -0.3 is 25.6 Å². The fourth-order valence-corrected chi connectivity index (χ4v) is 9.76. The first-order valence-electron chi connectivity index (χ1n) is 14.6. The monoisotopic (exact) mass is 509 g/mol. The number of hydrogen-bond donors (Lipinski definition) is 3. The molecule has 7 atom stereocenters. The Morgan fingerprint density at radius 2 is 2.11 bits per heavy atom. The standard InChI is InChI=1S/C30H43N3O4/c1-17(2)12-21(31)26(35)32-15-20-14-28-8-9-30(20,36-3)27-29(28)10-11-33(16-18-4-5-18)23(28)13-19-6-7-22(34)25(37-27)24(19)29/h6-7,17-18,20-21,23,27,34H,4-5,8-16,31H2,1-3H3,(H,32,35)/t20-,21+,23-,27?,28-,29+,30?/m1/s1. The van der Waals surface area contributed by atoms with E-state index in [1.165, 1.54) is 30.5 Å². The average Bonchev–Trinajstić information content (AvgIpc) is 3.62. The number of ether oxygens (including phenoxy) is 2. The zero-order valence-corrected chi connectivity index (χ0v) is 22.6. The van der Waals surface area contributed by atoms with E-state index in [0.717, 1.165) is 44.6 Å². The molecule has 8 rings (SSSR count). The molecular weight excluding hydrogens is 466 g/mol. The molecule has 4 saturated carbocycles. The van der Waals surface area contributed by atoms with Crippen LogP contribution in [0.2, 0.25) is 0 Å². The molecule has 2 unspecified atom stereocenters. The molecule has 2 aliphatic heterocycles. The van der Waals surface area contributed by atoms with Crippen molar-refractivity contribution in [1.82, 2.24) is 10.2 Å². The van der Waals surface area contributed by atoms with E-state index in [1.54, 1.807) is 0 Å². The number of phenols is 1. The summed E-state index contributed by atoms with van der Waals surface area (Å²) in [5, 5.41) is 14.2. The summed E-state index contributed by atoms with van der Waals surface area (Å²) in [5.41, 5.74) is 8.30. The Bertz CT molecular complexity index is 1120. The molecule has 1 aromatic rings. The summed E-state index contributed by atoms with van der Waals surface area (Å²) in [6.45, 7) is 7.04. The van der Waals surface area contributed by atoms with Gasteiger partial charge in [0.2, 0.25) is 5.91 Å². The predicted molar refractivity (Wildman–Crippen MR) is 141 cm³/mol. The van der Waals surface area contributed by atoms with Gasteiger partial charge in [-0.25, -0.2) is 0 Å². The van der Waals surface area contributed by atoms with E-state index in [4.69, 9.17) is 15.2 Å². The molecule has 0 radical (unpaired) electrons. The number of nitrogens with zero attached hydrogens (tertiary/aromatic N) is 1. The highest BCUT2D eigenvalue weighted by Gasteiger charge is 2.80. The Morgan fingerprint density at radius 1 is 1.30 bits per heavy atom. The van der Waals surface area contributed by atoms with E-state index >= 15 is 0 Å². The van der Waals surface area contributed by atoms with Crippen molar-refractivity contribution in [2.75, 3.05) is 26.7 Å². The molecule has 4 N–H and O–H groups in total. The SMILES string of the molecule is COC12CC[C@@]3(C[C@@H]1CNC(=O)[C@@H](N)CC(C)C)[C@H]1Cc4ccc(O)c5c4[C@@]3(CCN1CC1CC1)C2O5. The second-order valence-electron chi connectivity index (χ2n) is 13.5. The van der Waals surface area contributed by atoms with Crippen LogP contribution in [0.5, 0.6) is 11.5 Å². The molecule has 37 heavy (non-hydrogen) atoms. The van der Waals surface area contributed by atoms with Gasteiger partial charge in [-0.2, -0.15) is 0 Å². The van der Waals surface area contributed by atoms with Crippen LogP contribution in [0, 0.1) is 23.2 Å². The highest BCUT2D eigenvalue weighted by atomic mass is 16.6. The van der Waals surface area contributed by atoms with Crippen molar-refractivity contribution in [3.63, 3.8) is 0 Å². The van der Waals surface area contributed by atoms with Crippen LogP contribution in [0.3, 0.4) is 0 Å². The molecule has 2 heterocycles. The van der Waals surface area contributed by atoms with E-state index < -0.39 is 11.6 Å². The van der Waals surface area contributed by atoms with Crippen LogP contribution in [0.4, 0.5) is 0 Å². The van der Waals surface area contributed by atoms with E-state index in [9.17, 15) is 9.90 Å². The maximum atomic E-state index is 13.0. The number of likely N-dealkylation sites (tertiary alicyclic amines) is 1. The topological polar surface area (TPSA) is 97.0 Å². The summed E-state index contributed by atoms with van der Waals surface area (Å²) in [6.07, 6.45) is 8.37. The van der Waals surface area contributed by atoms with Gasteiger partial charge in [0.15, 0.2) is 11.5 Å². The van der Waals surface area contributed by atoms with Crippen molar-refractivity contribution < 1.29 is 19.4 Å². The number of benzene rings is 1. The number of phenolic OH excluding ortho intramolecular Hbond substituents is 1. The molecule has 7 nitrogen and oxygen atoms in total. The third kappa shape index (κ3) is 3.08. The van der Waals surface area contributed by atoms with Gasteiger partial charge in [0.25, 0.3) is 0 Å². The summed E-state index contributed by atoms with van der Waals surface area (Å²) in [7, 11) is 1.82. The normalized spacial score (nSPS) is 39.9. The van der Waals surface area contributed by atoms with Gasteiger partial charge in [0.05, 0.1) is 6.04 Å². The number of fused-ring (bicyclic) bond motifs is 2. The molecule has 5 aliphatic carbocycles. The number of carbonyl (C=O) groups excluding carboxylic acids is 1. The van der Waals surface area contributed by atoms with Gasteiger partial charge in [-0.3, -0.25) is 9.69 Å².